The van der Waals surface area contributed by atoms with Gasteiger partial charge in [0.25, 0.3) is 0 Å². The van der Waals surface area contributed by atoms with Crippen LogP contribution in [0.4, 0.5) is 0 Å². The number of aromatic nitrogens is 2. The SMILES string of the molecule is CCC(C)(C(=O)c1nccn1C)N1CCOCC1. The Morgan fingerprint density at radius 1 is 1.50 bits per heavy atom. The Balaban J connectivity index is 2.26. The highest BCUT2D eigenvalue weighted by Gasteiger charge is 2.40. The van der Waals surface area contributed by atoms with Crippen molar-refractivity contribution in [3.8, 4) is 0 Å². The van der Waals surface area contributed by atoms with Crippen molar-refractivity contribution in [2.45, 2.75) is 25.8 Å². The lowest BCUT2D eigenvalue weighted by molar-refractivity contribution is -0.0111. The van der Waals surface area contributed by atoms with Crippen LogP contribution in [-0.2, 0) is 11.8 Å². The summed E-state index contributed by atoms with van der Waals surface area (Å²) in [5.74, 6) is 0.630. The standard InChI is InChI=1S/C13H21N3O2/c1-4-13(2,16-7-9-18-10-8-16)11(17)12-14-5-6-15(12)3/h5-6H,4,7-10H2,1-3H3. The van der Waals surface area contributed by atoms with Gasteiger partial charge in [-0.05, 0) is 13.3 Å². The molecule has 0 amide bonds. The van der Waals surface area contributed by atoms with Gasteiger partial charge in [0, 0.05) is 32.5 Å². The highest BCUT2D eigenvalue weighted by atomic mass is 16.5. The molecule has 0 saturated carbocycles. The van der Waals surface area contributed by atoms with Gasteiger partial charge in [-0.1, -0.05) is 6.92 Å². The molecule has 0 spiro atoms. The van der Waals surface area contributed by atoms with Crippen molar-refractivity contribution in [2.24, 2.45) is 7.05 Å². The molecule has 1 saturated heterocycles. The van der Waals surface area contributed by atoms with Crippen LogP contribution in [0.1, 0.15) is 30.9 Å². The van der Waals surface area contributed by atoms with E-state index >= 15 is 0 Å². The molecule has 1 aliphatic heterocycles. The quantitative estimate of drug-likeness (QED) is 0.752. The van der Waals surface area contributed by atoms with Gasteiger partial charge in [-0.3, -0.25) is 9.69 Å². The lowest BCUT2D eigenvalue weighted by atomic mass is 9.90. The molecule has 5 heteroatoms. The highest BCUT2D eigenvalue weighted by Crippen LogP contribution is 2.24. The van der Waals surface area contributed by atoms with E-state index in [4.69, 9.17) is 4.74 Å². The van der Waals surface area contributed by atoms with E-state index in [9.17, 15) is 4.79 Å². The number of ether oxygens (including phenoxy) is 1. The van der Waals surface area contributed by atoms with Crippen LogP contribution in [0, 0.1) is 0 Å². The zero-order valence-corrected chi connectivity index (χ0v) is 11.3. The second-order valence-electron chi connectivity index (χ2n) is 4.92. The van der Waals surface area contributed by atoms with Crippen molar-refractivity contribution in [3.63, 3.8) is 0 Å². The minimum absolute atomic E-state index is 0.0967. The molecule has 1 aromatic heterocycles. The van der Waals surface area contributed by atoms with Crippen molar-refractivity contribution in [1.29, 1.82) is 0 Å². The first-order valence-corrected chi connectivity index (χ1v) is 6.44. The smallest absolute Gasteiger partial charge is 0.218 e. The van der Waals surface area contributed by atoms with Crippen molar-refractivity contribution in [2.75, 3.05) is 26.3 Å². The maximum atomic E-state index is 12.7. The zero-order valence-electron chi connectivity index (χ0n) is 11.3. The summed E-state index contributed by atoms with van der Waals surface area (Å²) in [7, 11) is 1.86. The number of carbonyl (C=O) groups excluding carboxylic acids is 1. The number of hydrogen-bond acceptors (Lipinski definition) is 4. The first-order chi connectivity index (χ1) is 8.59. The summed E-state index contributed by atoms with van der Waals surface area (Å²) in [6.45, 7) is 7.07. The molecule has 1 fully saturated rings. The van der Waals surface area contributed by atoms with Crippen molar-refractivity contribution in [1.82, 2.24) is 14.5 Å². The summed E-state index contributed by atoms with van der Waals surface area (Å²) >= 11 is 0. The molecule has 1 atom stereocenters. The molecule has 2 heterocycles. The van der Waals surface area contributed by atoms with Crippen molar-refractivity contribution >= 4 is 5.78 Å². The summed E-state index contributed by atoms with van der Waals surface area (Å²) < 4.78 is 7.15. The molecule has 0 aromatic carbocycles. The van der Waals surface area contributed by atoms with Gasteiger partial charge in [-0.25, -0.2) is 4.98 Å². The Kier molecular flexibility index (Phi) is 3.82. The van der Waals surface area contributed by atoms with E-state index in [0.717, 1.165) is 19.5 Å². The predicted molar refractivity (Wildman–Crippen MR) is 68.6 cm³/mol. The van der Waals surface area contributed by atoms with Gasteiger partial charge in [-0.15, -0.1) is 0 Å². The van der Waals surface area contributed by atoms with Crippen LogP contribution in [0.25, 0.3) is 0 Å². The minimum Gasteiger partial charge on any atom is -0.379 e. The van der Waals surface area contributed by atoms with Crippen molar-refractivity contribution in [3.05, 3.63) is 18.2 Å². The van der Waals surface area contributed by atoms with Crippen LogP contribution >= 0.6 is 0 Å². The van der Waals surface area contributed by atoms with E-state index in [1.54, 1.807) is 10.8 Å². The fourth-order valence-corrected chi connectivity index (χ4v) is 2.41. The first kappa shape index (κ1) is 13.2. The number of carbonyl (C=O) groups is 1. The third kappa shape index (κ3) is 2.20. The van der Waals surface area contributed by atoms with Crippen LogP contribution in [0.15, 0.2) is 12.4 Å². The van der Waals surface area contributed by atoms with Crippen LogP contribution in [0.2, 0.25) is 0 Å². The molecule has 1 unspecified atom stereocenters. The number of rotatable bonds is 4. The van der Waals surface area contributed by atoms with E-state index < -0.39 is 5.54 Å². The van der Waals surface area contributed by atoms with Crippen LogP contribution < -0.4 is 0 Å². The molecule has 18 heavy (non-hydrogen) atoms. The second-order valence-corrected chi connectivity index (χ2v) is 4.92. The summed E-state index contributed by atoms with van der Waals surface area (Å²) in [4.78, 5) is 19.1. The molecule has 1 aromatic rings. The molecule has 0 radical (unpaired) electrons. The Morgan fingerprint density at radius 3 is 2.67 bits per heavy atom. The lowest BCUT2D eigenvalue weighted by Crippen LogP contribution is -2.56. The van der Waals surface area contributed by atoms with Gasteiger partial charge in [0.05, 0.1) is 18.8 Å². The first-order valence-electron chi connectivity index (χ1n) is 6.44. The molecular weight excluding hydrogens is 230 g/mol. The summed E-state index contributed by atoms with van der Waals surface area (Å²) in [6.07, 6.45) is 4.25. The van der Waals surface area contributed by atoms with Gasteiger partial charge >= 0.3 is 0 Å². The topological polar surface area (TPSA) is 47.4 Å². The number of aryl methyl sites for hydroxylation is 1. The van der Waals surface area contributed by atoms with Crippen LogP contribution in [0.3, 0.4) is 0 Å². The Morgan fingerprint density at radius 2 is 2.17 bits per heavy atom. The van der Waals surface area contributed by atoms with E-state index in [1.807, 2.05) is 20.2 Å². The lowest BCUT2D eigenvalue weighted by Gasteiger charge is -2.41. The van der Waals surface area contributed by atoms with Gasteiger partial charge in [0.1, 0.15) is 0 Å². The Hall–Kier alpha value is -1.20. The monoisotopic (exact) mass is 251 g/mol. The Labute approximate surface area is 108 Å². The maximum absolute atomic E-state index is 12.7. The van der Waals surface area contributed by atoms with Gasteiger partial charge < -0.3 is 9.30 Å². The number of ketones is 1. The fraction of sp³-hybridized carbons (Fsp3) is 0.692. The van der Waals surface area contributed by atoms with Crippen LogP contribution in [0.5, 0.6) is 0 Å². The third-order valence-electron chi connectivity index (χ3n) is 3.91. The average molecular weight is 251 g/mol. The second kappa shape index (κ2) is 5.20. The molecule has 100 valence electrons. The summed E-state index contributed by atoms with van der Waals surface area (Å²) in [6, 6.07) is 0. The van der Waals surface area contributed by atoms with Crippen molar-refractivity contribution < 1.29 is 9.53 Å². The van der Waals surface area contributed by atoms with E-state index in [0.29, 0.717) is 19.0 Å². The van der Waals surface area contributed by atoms with Crippen LogP contribution in [-0.4, -0.2) is 52.1 Å². The third-order valence-corrected chi connectivity index (χ3v) is 3.91. The number of nitrogens with zero attached hydrogens (tertiary/aromatic N) is 3. The summed E-state index contributed by atoms with van der Waals surface area (Å²) in [5, 5.41) is 0. The summed E-state index contributed by atoms with van der Waals surface area (Å²) in [5.41, 5.74) is -0.483. The highest BCUT2D eigenvalue weighted by molar-refractivity contribution is 6.00. The molecule has 1 aliphatic rings. The predicted octanol–water partition coefficient (Wildman–Crippen LogP) is 1.10. The molecule has 5 nitrogen and oxygen atoms in total. The van der Waals surface area contributed by atoms with Gasteiger partial charge in [0.2, 0.25) is 5.78 Å². The largest absolute Gasteiger partial charge is 0.379 e. The normalized spacial score (nSPS) is 20.6. The fourth-order valence-electron chi connectivity index (χ4n) is 2.41. The molecule has 0 N–H and O–H groups in total. The number of hydrogen-bond donors (Lipinski definition) is 0. The molecular formula is C13H21N3O2. The van der Waals surface area contributed by atoms with E-state index in [-0.39, 0.29) is 5.78 Å². The molecule has 0 aliphatic carbocycles. The number of morpholine rings is 1. The van der Waals surface area contributed by atoms with Gasteiger partial charge in [-0.2, -0.15) is 0 Å². The number of Topliss-reactive ketones (excluding diaryl/α,β-unsaturated/α-hetero) is 1. The average Bonchev–Trinajstić information content (AvgIpc) is 2.84. The molecule has 0 bridgehead atoms. The minimum atomic E-state index is -0.483. The number of imidazole rings is 1. The Bertz CT molecular complexity index is 424. The maximum Gasteiger partial charge on any atom is 0.218 e. The zero-order chi connectivity index (χ0) is 13.2. The van der Waals surface area contributed by atoms with E-state index in [1.165, 1.54) is 0 Å². The van der Waals surface area contributed by atoms with E-state index in [2.05, 4.69) is 16.8 Å². The van der Waals surface area contributed by atoms with Gasteiger partial charge in [0.15, 0.2) is 5.82 Å². The molecule has 2 rings (SSSR count).